The second kappa shape index (κ2) is 13.0. The molecule has 0 amide bonds. The molecule has 4 aromatic rings. The predicted octanol–water partition coefficient (Wildman–Crippen LogP) is 8.90. The first-order valence-corrected chi connectivity index (χ1v) is 14.8. The van der Waals surface area contributed by atoms with Crippen molar-refractivity contribution in [1.82, 2.24) is 0 Å². The van der Waals surface area contributed by atoms with Crippen LogP contribution in [0.1, 0.15) is 75.5 Å². The van der Waals surface area contributed by atoms with E-state index < -0.39 is 5.41 Å². The smallest absolute Gasteiger partial charge is 0.310 e. The molecule has 0 aliphatic heterocycles. The summed E-state index contributed by atoms with van der Waals surface area (Å²) in [5.41, 5.74) is 5.44. The lowest BCUT2D eigenvalue weighted by Crippen LogP contribution is -2.39. The molecule has 0 heterocycles. The predicted molar refractivity (Wildman–Crippen MR) is 163 cm³/mol. The molecule has 4 heteroatoms. The molecule has 4 aromatic carbocycles. The van der Waals surface area contributed by atoms with Crippen molar-refractivity contribution in [1.29, 1.82) is 0 Å². The van der Waals surface area contributed by atoms with Crippen LogP contribution >= 0.6 is 0 Å². The van der Waals surface area contributed by atoms with Crippen LogP contribution in [0.5, 0.6) is 11.5 Å². The van der Waals surface area contributed by atoms with Crippen LogP contribution in [-0.4, -0.2) is 11.9 Å². The molecule has 0 aromatic heterocycles. The van der Waals surface area contributed by atoms with E-state index in [-0.39, 0.29) is 11.9 Å². The SMILES string of the molecule is CCC(=O)Oc1ccc(C(c2ccc(OC(=O)CC)cc2)(c2ccccc2-c2ccccc2)C2CCCCC2)cc1. The zero-order chi connectivity index (χ0) is 28.7. The number of carbonyl (C=O) groups is 2. The molecule has 0 spiro atoms. The summed E-state index contributed by atoms with van der Waals surface area (Å²) in [4.78, 5) is 24.1. The van der Waals surface area contributed by atoms with E-state index in [2.05, 4.69) is 72.8 Å². The maximum absolute atomic E-state index is 12.0. The zero-order valence-electron chi connectivity index (χ0n) is 24.0. The summed E-state index contributed by atoms with van der Waals surface area (Å²) in [6.45, 7) is 3.60. The lowest BCUT2D eigenvalue weighted by molar-refractivity contribution is -0.134. The minimum absolute atomic E-state index is 0.247. The van der Waals surface area contributed by atoms with Gasteiger partial charge in [-0.05, 0) is 70.8 Å². The van der Waals surface area contributed by atoms with Gasteiger partial charge in [0.1, 0.15) is 11.5 Å². The van der Waals surface area contributed by atoms with Gasteiger partial charge in [0.25, 0.3) is 0 Å². The fourth-order valence-corrected chi connectivity index (χ4v) is 6.38. The Morgan fingerprint density at radius 3 is 1.63 bits per heavy atom. The number of esters is 2. The highest BCUT2D eigenvalue weighted by molar-refractivity contribution is 5.74. The largest absolute Gasteiger partial charge is 0.427 e. The maximum Gasteiger partial charge on any atom is 0.310 e. The summed E-state index contributed by atoms with van der Waals surface area (Å²) in [7, 11) is 0. The second-order valence-electron chi connectivity index (χ2n) is 10.8. The normalized spacial score (nSPS) is 13.9. The Morgan fingerprint density at radius 2 is 1.12 bits per heavy atom. The van der Waals surface area contributed by atoms with Gasteiger partial charge in [-0.15, -0.1) is 0 Å². The second-order valence-corrected chi connectivity index (χ2v) is 10.8. The van der Waals surface area contributed by atoms with Gasteiger partial charge >= 0.3 is 11.9 Å². The topological polar surface area (TPSA) is 52.6 Å². The molecule has 0 bridgehead atoms. The number of hydrogen-bond donors (Lipinski definition) is 0. The van der Waals surface area contributed by atoms with Crippen molar-refractivity contribution in [3.63, 3.8) is 0 Å². The Hall–Kier alpha value is -4.18. The fraction of sp³-hybridized carbons (Fsp3) is 0.297. The molecule has 0 atom stereocenters. The van der Waals surface area contributed by atoms with E-state index in [1.807, 2.05) is 30.3 Å². The average Bonchev–Trinajstić information content (AvgIpc) is 3.04. The molecule has 1 aliphatic carbocycles. The van der Waals surface area contributed by atoms with Crippen molar-refractivity contribution in [2.75, 3.05) is 0 Å². The number of benzene rings is 4. The van der Waals surface area contributed by atoms with E-state index in [0.717, 1.165) is 24.0 Å². The molecule has 0 N–H and O–H groups in total. The van der Waals surface area contributed by atoms with Crippen LogP contribution in [0.25, 0.3) is 11.1 Å². The van der Waals surface area contributed by atoms with Gasteiger partial charge in [-0.25, -0.2) is 0 Å². The molecule has 210 valence electrons. The molecular formula is C37H38O4. The van der Waals surface area contributed by atoms with Crippen LogP contribution < -0.4 is 9.47 Å². The highest BCUT2D eigenvalue weighted by atomic mass is 16.5. The van der Waals surface area contributed by atoms with E-state index in [9.17, 15) is 9.59 Å². The summed E-state index contributed by atoms with van der Waals surface area (Å²) < 4.78 is 11.1. The molecule has 4 nitrogen and oxygen atoms in total. The molecule has 1 saturated carbocycles. The maximum atomic E-state index is 12.0. The van der Waals surface area contributed by atoms with Gasteiger partial charge < -0.3 is 9.47 Å². The average molecular weight is 547 g/mol. The highest BCUT2D eigenvalue weighted by Crippen LogP contribution is 2.53. The monoisotopic (exact) mass is 546 g/mol. The molecule has 1 fully saturated rings. The fourth-order valence-electron chi connectivity index (χ4n) is 6.38. The first kappa shape index (κ1) is 28.4. The number of carbonyl (C=O) groups excluding carboxylic acids is 2. The van der Waals surface area contributed by atoms with Crippen molar-refractivity contribution in [2.24, 2.45) is 5.92 Å². The van der Waals surface area contributed by atoms with Gasteiger partial charge in [-0.3, -0.25) is 9.59 Å². The van der Waals surface area contributed by atoms with E-state index in [1.54, 1.807) is 13.8 Å². The molecule has 0 saturated heterocycles. The molecule has 0 unspecified atom stereocenters. The lowest BCUT2D eigenvalue weighted by atomic mass is 9.57. The van der Waals surface area contributed by atoms with Crippen LogP contribution in [0, 0.1) is 5.92 Å². The number of rotatable bonds is 9. The van der Waals surface area contributed by atoms with Gasteiger partial charge in [0.05, 0.1) is 0 Å². The first-order valence-electron chi connectivity index (χ1n) is 14.8. The van der Waals surface area contributed by atoms with Crippen LogP contribution in [0.4, 0.5) is 0 Å². The Kier molecular flexibility index (Phi) is 8.98. The standard InChI is InChI=1S/C37H38O4/c1-3-35(38)40-31-23-19-29(20-24-31)37(28-15-9-6-10-16-28,30-21-25-32(26-22-30)41-36(39)4-2)34-18-12-11-17-33(34)27-13-7-5-8-14-27/h5,7-8,11-14,17-26,28H,3-4,6,9-10,15-16H2,1-2H3. The molecular weight excluding hydrogens is 508 g/mol. The van der Waals surface area contributed by atoms with Crippen LogP contribution in [0.3, 0.4) is 0 Å². The highest BCUT2D eigenvalue weighted by Gasteiger charge is 2.45. The van der Waals surface area contributed by atoms with Gasteiger partial charge in [0.15, 0.2) is 0 Å². The summed E-state index contributed by atoms with van der Waals surface area (Å²) >= 11 is 0. The quantitative estimate of drug-likeness (QED) is 0.119. The summed E-state index contributed by atoms with van der Waals surface area (Å²) in [5, 5.41) is 0. The number of ether oxygens (including phenoxy) is 2. The molecule has 41 heavy (non-hydrogen) atoms. The molecule has 1 aliphatic rings. The third-order valence-corrected chi connectivity index (χ3v) is 8.31. The van der Waals surface area contributed by atoms with E-state index in [1.165, 1.54) is 36.0 Å². The Bertz CT molecular complexity index is 1390. The van der Waals surface area contributed by atoms with Crippen LogP contribution in [0.15, 0.2) is 103 Å². The van der Waals surface area contributed by atoms with Crippen molar-refractivity contribution in [3.8, 4) is 22.6 Å². The minimum atomic E-state index is -0.479. The van der Waals surface area contributed by atoms with E-state index >= 15 is 0 Å². The Balaban J connectivity index is 1.76. The summed E-state index contributed by atoms with van der Waals surface area (Å²) in [6.07, 6.45) is 6.45. The van der Waals surface area contributed by atoms with E-state index in [4.69, 9.17) is 9.47 Å². The van der Waals surface area contributed by atoms with Crippen molar-refractivity contribution >= 4 is 11.9 Å². The Morgan fingerprint density at radius 1 is 0.634 bits per heavy atom. The number of hydrogen-bond acceptors (Lipinski definition) is 4. The van der Waals surface area contributed by atoms with Crippen molar-refractivity contribution < 1.29 is 19.1 Å². The first-order chi connectivity index (χ1) is 20.1. The van der Waals surface area contributed by atoms with Crippen molar-refractivity contribution in [3.05, 3.63) is 120 Å². The van der Waals surface area contributed by atoms with E-state index in [0.29, 0.717) is 30.3 Å². The van der Waals surface area contributed by atoms with Gasteiger partial charge in [0.2, 0.25) is 0 Å². The van der Waals surface area contributed by atoms with Gasteiger partial charge in [0, 0.05) is 18.3 Å². The third kappa shape index (κ3) is 5.97. The summed E-state index contributed by atoms with van der Waals surface area (Å²) in [6, 6.07) is 35.5. The van der Waals surface area contributed by atoms with Crippen molar-refractivity contribution in [2.45, 2.75) is 64.2 Å². The zero-order valence-corrected chi connectivity index (χ0v) is 24.0. The summed E-state index contributed by atoms with van der Waals surface area (Å²) in [5.74, 6) is 0.952. The molecule has 0 radical (unpaired) electrons. The van der Waals surface area contributed by atoms with Crippen LogP contribution in [0.2, 0.25) is 0 Å². The lowest BCUT2D eigenvalue weighted by Gasteiger charge is -2.45. The molecule has 5 rings (SSSR count). The van der Waals surface area contributed by atoms with Crippen LogP contribution in [-0.2, 0) is 15.0 Å². The minimum Gasteiger partial charge on any atom is -0.427 e. The van der Waals surface area contributed by atoms with Gasteiger partial charge in [-0.1, -0.05) is 112 Å². The Labute approximate surface area is 243 Å². The van der Waals surface area contributed by atoms with Gasteiger partial charge in [-0.2, -0.15) is 0 Å². The third-order valence-electron chi connectivity index (χ3n) is 8.31.